The van der Waals surface area contributed by atoms with Crippen LogP contribution in [-0.4, -0.2) is 62.5 Å². The van der Waals surface area contributed by atoms with Crippen LogP contribution in [-0.2, 0) is 4.79 Å². The molecule has 1 saturated heterocycles. The van der Waals surface area contributed by atoms with E-state index in [9.17, 15) is 9.18 Å². The molecule has 0 unspecified atom stereocenters. The zero-order chi connectivity index (χ0) is 24.2. The van der Waals surface area contributed by atoms with E-state index in [4.69, 9.17) is 11.6 Å². The third kappa shape index (κ3) is 5.31. The van der Waals surface area contributed by atoms with Crippen LogP contribution in [0.15, 0.2) is 78.2 Å². The van der Waals surface area contributed by atoms with Gasteiger partial charge in [0.15, 0.2) is 11.0 Å². The lowest BCUT2D eigenvalue weighted by molar-refractivity contribution is -0.128. The summed E-state index contributed by atoms with van der Waals surface area (Å²) in [5.74, 6) is 0.708. The molecule has 0 radical (unpaired) electrons. The Balaban J connectivity index is 1.28. The van der Waals surface area contributed by atoms with Gasteiger partial charge in [0, 0.05) is 60.5 Å². The van der Waals surface area contributed by atoms with Crippen LogP contribution in [0.2, 0.25) is 5.02 Å². The SMILES string of the molecule is O=C(CSc1nnc(-c2ccncc2)n1-c1ccc(Cl)cc1)N1CCN(c2ccc(F)cc2)CC1. The zero-order valence-electron chi connectivity index (χ0n) is 18.7. The van der Waals surface area contributed by atoms with Crippen molar-refractivity contribution in [1.29, 1.82) is 0 Å². The van der Waals surface area contributed by atoms with E-state index >= 15 is 0 Å². The molecule has 1 aliphatic rings. The molecule has 2 aromatic heterocycles. The van der Waals surface area contributed by atoms with Crippen molar-refractivity contribution in [3.63, 3.8) is 0 Å². The lowest BCUT2D eigenvalue weighted by atomic mass is 10.2. The van der Waals surface area contributed by atoms with Gasteiger partial charge in [0.05, 0.1) is 5.75 Å². The van der Waals surface area contributed by atoms with Crippen LogP contribution in [0.3, 0.4) is 0 Å². The molecular weight excluding hydrogens is 487 g/mol. The lowest BCUT2D eigenvalue weighted by Crippen LogP contribution is -2.49. The summed E-state index contributed by atoms with van der Waals surface area (Å²) >= 11 is 7.45. The van der Waals surface area contributed by atoms with Crippen LogP contribution in [0, 0.1) is 5.82 Å². The maximum Gasteiger partial charge on any atom is 0.233 e. The van der Waals surface area contributed by atoms with Crippen molar-refractivity contribution in [3.8, 4) is 17.1 Å². The van der Waals surface area contributed by atoms with Crippen LogP contribution in [0.4, 0.5) is 10.1 Å². The van der Waals surface area contributed by atoms with Gasteiger partial charge in [0.25, 0.3) is 0 Å². The van der Waals surface area contributed by atoms with Gasteiger partial charge in [-0.1, -0.05) is 23.4 Å². The normalized spacial score (nSPS) is 13.8. The predicted octanol–water partition coefficient (Wildman–Crippen LogP) is 4.56. The standard InChI is InChI=1S/C25H22ClFN6OS/c26-19-1-5-22(6-2-19)33-24(18-9-11-28-12-10-18)29-30-25(33)35-17-23(34)32-15-13-31(14-16-32)21-7-3-20(27)4-8-21/h1-12H,13-17H2. The highest BCUT2D eigenvalue weighted by atomic mass is 35.5. The summed E-state index contributed by atoms with van der Waals surface area (Å²) in [7, 11) is 0. The minimum atomic E-state index is -0.252. The van der Waals surface area contributed by atoms with Gasteiger partial charge in [-0.2, -0.15) is 0 Å². The highest BCUT2D eigenvalue weighted by Crippen LogP contribution is 2.29. The van der Waals surface area contributed by atoms with Crippen molar-refractivity contribution in [3.05, 3.63) is 83.9 Å². The maximum absolute atomic E-state index is 13.2. The fourth-order valence-electron chi connectivity index (χ4n) is 3.96. The third-order valence-corrected chi connectivity index (χ3v) is 6.97. The molecule has 5 rings (SSSR count). The van der Waals surface area contributed by atoms with Gasteiger partial charge in [0.2, 0.25) is 5.91 Å². The van der Waals surface area contributed by atoms with Gasteiger partial charge in [-0.25, -0.2) is 4.39 Å². The molecule has 0 N–H and O–H groups in total. The van der Waals surface area contributed by atoms with Crippen LogP contribution in [0.25, 0.3) is 17.1 Å². The highest BCUT2D eigenvalue weighted by molar-refractivity contribution is 7.99. The topological polar surface area (TPSA) is 67.2 Å². The number of halogens is 2. The minimum Gasteiger partial charge on any atom is -0.368 e. The van der Waals surface area contributed by atoms with Crippen LogP contribution < -0.4 is 4.90 Å². The number of nitrogens with zero attached hydrogens (tertiary/aromatic N) is 6. The molecular formula is C25H22ClFN6OS. The highest BCUT2D eigenvalue weighted by Gasteiger charge is 2.23. The monoisotopic (exact) mass is 508 g/mol. The van der Waals surface area contributed by atoms with Crippen LogP contribution >= 0.6 is 23.4 Å². The van der Waals surface area contributed by atoms with E-state index < -0.39 is 0 Å². The maximum atomic E-state index is 13.2. The first-order valence-corrected chi connectivity index (χ1v) is 12.5. The van der Waals surface area contributed by atoms with Gasteiger partial charge in [-0.15, -0.1) is 10.2 Å². The van der Waals surface area contributed by atoms with E-state index in [1.807, 2.05) is 45.9 Å². The first kappa shape index (κ1) is 23.3. The predicted molar refractivity (Wildman–Crippen MR) is 136 cm³/mol. The first-order valence-electron chi connectivity index (χ1n) is 11.1. The van der Waals surface area contributed by atoms with Crippen LogP contribution in [0.5, 0.6) is 0 Å². The quantitative estimate of drug-likeness (QED) is 0.356. The number of carbonyl (C=O) groups is 1. The molecule has 1 amide bonds. The van der Waals surface area contributed by atoms with E-state index in [0.29, 0.717) is 42.2 Å². The Morgan fingerprint density at radius 1 is 0.886 bits per heavy atom. The molecule has 1 fully saturated rings. The Labute approximate surface area is 211 Å². The number of benzene rings is 2. The number of thioether (sulfide) groups is 1. The average molecular weight is 509 g/mol. The van der Waals surface area contributed by atoms with E-state index in [1.165, 1.54) is 23.9 Å². The molecule has 4 aromatic rings. The van der Waals surface area contributed by atoms with Crippen molar-refractivity contribution in [2.75, 3.05) is 36.8 Å². The molecule has 10 heteroatoms. The van der Waals surface area contributed by atoms with Crippen LogP contribution in [0.1, 0.15) is 0 Å². The van der Waals surface area contributed by atoms with E-state index in [-0.39, 0.29) is 17.5 Å². The number of hydrogen-bond donors (Lipinski definition) is 0. The van der Waals surface area contributed by atoms with Gasteiger partial charge < -0.3 is 9.80 Å². The first-order chi connectivity index (χ1) is 17.1. The Morgan fingerprint density at radius 3 is 2.23 bits per heavy atom. The zero-order valence-corrected chi connectivity index (χ0v) is 20.3. The summed E-state index contributed by atoms with van der Waals surface area (Å²) in [5, 5.41) is 10.0. The summed E-state index contributed by atoms with van der Waals surface area (Å²) in [4.78, 5) is 21.1. The van der Waals surface area contributed by atoms with Gasteiger partial charge in [-0.3, -0.25) is 14.3 Å². The van der Waals surface area contributed by atoms with Crippen molar-refractivity contribution in [1.82, 2.24) is 24.6 Å². The number of carbonyl (C=O) groups excluding carboxylic acids is 1. The lowest BCUT2D eigenvalue weighted by Gasteiger charge is -2.36. The molecule has 2 aromatic carbocycles. The molecule has 3 heterocycles. The largest absolute Gasteiger partial charge is 0.368 e. The number of aromatic nitrogens is 4. The van der Waals surface area contributed by atoms with Crippen molar-refractivity contribution in [2.24, 2.45) is 0 Å². The number of anilines is 1. The fraction of sp³-hybridized carbons (Fsp3) is 0.200. The molecule has 0 aliphatic carbocycles. The Bertz CT molecular complexity index is 1290. The summed E-state index contributed by atoms with van der Waals surface area (Å²) in [6.07, 6.45) is 3.41. The summed E-state index contributed by atoms with van der Waals surface area (Å²) < 4.78 is 15.1. The number of hydrogen-bond acceptors (Lipinski definition) is 6. The van der Waals surface area contributed by atoms with Crippen molar-refractivity contribution in [2.45, 2.75) is 5.16 Å². The fourth-order valence-corrected chi connectivity index (χ4v) is 4.94. The molecule has 0 saturated carbocycles. The Hall–Kier alpha value is -3.43. The molecule has 1 aliphatic heterocycles. The molecule has 7 nitrogen and oxygen atoms in total. The third-order valence-electron chi connectivity index (χ3n) is 5.81. The number of pyridine rings is 1. The van der Waals surface area contributed by atoms with E-state index in [0.717, 1.165) is 16.9 Å². The molecule has 0 atom stereocenters. The van der Waals surface area contributed by atoms with Gasteiger partial charge in [-0.05, 0) is 60.7 Å². The van der Waals surface area contributed by atoms with Crippen molar-refractivity contribution >= 4 is 35.0 Å². The second kappa shape index (κ2) is 10.5. The summed E-state index contributed by atoms with van der Waals surface area (Å²) in [6.45, 7) is 2.64. The van der Waals surface area contributed by atoms with Gasteiger partial charge >= 0.3 is 0 Å². The van der Waals surface area contributed by atoms with Gasteiger partial charge in [0.1, 0.15) is 5.82 Å². The second-order valence-electron chi connectivity index (χ2n) is 7.99. The number of piperazine rings is 1. The number of rotatable bonds is 6. The van der Waals surface area contributed by atoms with E-state index in [2.05, 4.69) is 20.1 Å². The minimum absolute atomic E-state index is 0.0462. The van der Waals surface area contributed by atoms with E-state index in [1.54, 1.807) is 24.5 Å². The van der Waals surface area contributed by atoms with Crippen molar-refractivity contribution < 1.29 is 9.18 Å². The smallest absolute Gasteiger partial charge is 0.233 e. The summed E-state index contributed by atoms with van der Waals surface area (Å²) in [5.41, 5.74) is 2.69. The second-order valence-corrected chi connectivity index (χ2v) is 9.37. The summed E-state index contributed by atoms with van der Waals surface area (Å²) in [6, 6.07) is 17.6. The number of amides is 1. The Morgan fingerprint density at radius 2 is 1.54 bits per heavy atom. The molecule has 0 spiro atoms. The molecule has 178 valence electrons. The Kier molecular flexibility index (Phi) is 6.96. The molecule has 0 bridgehead atoms. The average Bonchev–Trinajstić information content (AvgIpc) is 3.33. The molecule has 35 heavy (non-hydrogen) atoms.